The fourth-order valence-corrected chi connectivity index (χ4v) is 6.28. The summed E-state index contributed by atoms with van der Waals surface area (Å²) in [7, 11) is 0. The quantitative estimate of drug-likeness (QED) is 0.150. The largest absolute Gasteiger partial charge is 0.306 e. The molecule has 2 heterocycles. The Hall–Kier alpha value is -5.43. The number of thiocarbonyl (C=S) groups is 2. The van der Waals surface area contributed by atoms with Gasteiger partial charge >= 0.3 is 0 Å². The van der Waals surface area contributed by atoms with Crippen molar-refractivity contribution < 1.29 is 4.39 Å². The first kappa shape index (κ1) is 25.3. The monoisotopic (exact) mass is 592 g/mol. The first-order valence-corrected chi connectivity index (χ1v) is 14.2. The second kappa shape index (κ2) is 9.84. The number of aromatic nitrogens is 2. The van der Waals surface area contributed by atoms with Gasteiger partial charge in [-0.25, -0.2) is 14.4 Å². The van der Waals surface area contributed by atoms with Crippen molar-refractivity contribution in [3.63, 3.8) is 0 Å². The molecule has 1 aromatic heterocycles. The van der Waals surface area contributed by atoms with Crippen LogP contribution >= 0.6 is 24.4 Å². The minimum Gasteiger partial charge on any atom is -0.306 e. The normalized spacial score (nSPS) is 12.2. The second-order valence-corrected chi connectivity index (χ2v) is 10.3. The van der Waals surface area contributed by atoms with Crippen molar-refractivity contribution in [1.29, 1.82) is 0 Å². The highest BCUT2D eigenvalue weighted by molar-refractivity contribution is 7.78. The van der Waals surface area contributed by atoms with E-state index in [1.54, 1.807) is 6.07 Å². The Balaban J connectivity index is 1.41. The molecule has 0 atom stereocenters. The highest BCUT2D eigenvalue weighted by Gasteiger charge is 2.33. The lowest BCUT2D eigenvalue weighted by molar-refractivity contribution is 0.630. The van der Waals surface area contributed by atoms with Gasteiger partial charge in [-0.3, -0.25) is 0 Å². The standard InChI is InChI=1S/C34H17FN6S2/c35-20-16-23-25(15-14-22-30(23)24(17-20)32-31(22)38-33(36-18-42)34(39-32)37-19-43)41-28-12-6-4-10-26(28)40(21-8-2-1-3-9-21)27-11-5-7-13-29(27)41/h1-17H. The van der Waals surface area contributed by atoms with Crippen LogP contribution in [0.1, 0.15) is 0 Å². The van der Waals surface area contributed by atoms with Gasteiger partial charge in [-0.2, -0.15) is 9.98 Å². The fraction of sp³-hybridized carbons (Fsp3) is 0. The summed E-state index contributed by atoms with van der Waals surface area (Å²) in [4.78, 5) is 21.9. The zero-order valence-electron chi connectivity index (χ0n) is 22.2. The molecule has 0 bridgehead atoms. The third kappa shape index (κ3) is 3.78. The molecule has 0 saturated carbocycles. The van der Waals surface area contributed by atoms with Crippen LogP contribution in [0.25, 0.3) is 33.3 Å². The van der Waals surface area contributed by atoms with E-state index >= 15 is 4.39 Å². The first-order chi connectivity index (χ1) is 21.2. The van der Waals surface area contributed by atoms with Crippen molar-refractivity contribution in [1.82, 2.24) is 9.97 Å². The summed E-state index contributed by atoms with van der Waals surface area (Å²) in [5.41, 5.74) is 8.33. The van der Waals surface area contributed by atoms with Crippen LogP contribution in [0.4, 0.5) is 50.2 Å². The van der Waals surface area contributed by atoms with Gasteiger partial charge in [-0.15, -0.1) is 0 Å². The summed E-state index contributed by atoms with van der Waals surface area (Å²) in [6.45, 7) is 0. The van der Waals surface area contributed by atoms with E-state index in [0.717, 1.165) is 50.5 Å². The molecule has 8 rings (SSSR count). The molecule has 1 aliphatic heterocycles. The number of benzene rings is 5. The van der Waals surface area contributed by atoms with E-state index in [9.17, 15) is 0 Å². The van der Waals surface area contributed by atoms with Crippen LogP contribution in [0.3, 0.4) is 0 Å². The van der Waals surface area contributed by atoms with Gasteiger partial charge in [0.2, 0.25) is 11.6 Å². The van der Waals surface area contributed by atoms with Crippen molar-refractivity contribution in [2.75, 3.05) is 9.80 Å². The van der Waals surface area contributed by atoms with E-state index in [1.165, 1.54) is 6.07 Å². The van der Waals surface area contributed by atoms with E-state index in [1.807, 2.05) is 54.6 Å². The summed E-state index contributed by atoms with van der Waals surface area (Å²) in [6.07, 6.45) is 0. The number of aliphatic imine (C=N–C) groups is 2. The molecule has 5 aromatic carbocycles. The van der Waals surface area contributed by atoms with Gasteiger partial charge in [0.05, 0.1) is 44.5 Å². The Morgan fingerprint density at radius 3 is 1.70 bits per heavy atom. The van der Waals surface area contributed by atoms with Crippen LogP contribution in [0.2, 0.25) is 0 Å². The maximum absolute atomic E-state index is 15.5. The van der Waals surface area contributed by atoms with Gasteiger partial charge < -0.3 is 9.80 Å². The van der Waals surface area contributed by atoms with E-state index in [-0.39, 0.29) is 17.5 Å². The molecule has 0 saturated heterocycles. The third-order valence-corrected chi connectivity index (χ3v) is 7.89. The average Bonchev–Trinajstić information content (AvgIpc) is 3.34. The summed E-state index contributed by atoms with van der Waals surface area (Å²) in [5.74, 6) is -0.0613. The Labute approximate surface area is 256 Å². The molecular formula is C34H17FN6S2. The molecule has 6 aromatic rings. The molecule has 0 amide bonds. The number of halogens is 1. The smallest absolute Gasteiger partial charge is 0.209 e. The van der Waals surface area contributed by atoms with Crippen LogP contribution in [0, 0.1) is 5.82 Å². The maximum atomic E-state index is 15.5. The van der Waals surface area contributed by atoms with Crippen molar-refractivity contribution >= 4 is 91.3 Å². The van der Waals surface area contributed by atoms with Gasteiger partial charge in [0.25, 0.3) is 0 Å². The predicted molar refractivity (Wildman–Crippen MR) is 176 cm³/mol. The maximum Gasteiger partial charge on any atom is 0.209 e. The average molecular weight is 593 g/mol. The molecule has 2 aliphatic rings. The molecule has 0 radical (unpaired) electrons. The van der Waals surface area contributed by atoms with Crippen LogP contribution < -0.4 is 9.80 Å². The van der Waals surface area contributed by atoms with Crippen molar-refractivity contribution in [3.05, 3.63) is 109 Å². The van der Waals surface area contributed by atoms with Gasteiger partial charge in [0, 0.05) is 27.6 Å². The van der Waals surface area contributed by atoms with Gasteiger partial charge in [0.15, 0.2) is 0 Å². The third-order valence-electron chi connectivity index (χ3n) is 7.71. The lowest BCUT2D eigenvalue weighted by atomic mass is 9.99. The molecule has 0 spiro atoms. The summed E-state index contributed by atoms with van der Waals surface area (Å²) in [6, 6.07) is 33.8. The van der Waals surface area contributed by atoms with E-state index in [0.29, 0.717) is 17.0 Å². The molecule has 0 fully saturated rings. The Morgan fingerprint density at radius 1 is 0.581 bits per heavy atom. The zero-order valence-corrected chi connectivity index (χ0v) is 23.8. The van der Waals surface area contributed by atoms with Gasteiger partial charge in [-0.05, 0) is 85.1 Å². The summed E-state index contributed by atoms with van der Waals surface area (Å²) in [5, 5.41) is 6.22. The molecule has 6 nitrogen and oxygen atoms in total. The van der Waals surface area contributed by atoms with E-state index < -0.39 is 0 Å². The highest BCUT2D eigenvalue weighted by Crippen LogP contribution is 2.57. The Bertz CT molecular complexity index is 2190. The lowest BCUT2D eigenvalue weighted by Gasteiger charge is -2.40. The fourth-order valence-electron chi connectivity index (χ4n) is 6.10. The van der Waals surface area contributed by atoms with Crippen molar-refractivity contribution in [3.8, 4) is 22.5 Å². The molecule has 0 unspecified atom stereocenters. The van der Waals surface area contributed by atoms with Crippen molar-refractivity contribution in [2.45, 2.75) is 0 Å². The van der Waals surface area contributed by atoms with Gasteiger partial charge in [-0.1, -0.05) is 42.5 Å². The number of anilines is 6. The highest BCUT2D eigenvalue weighted by atomic mass is 32.1. The Kier molecular flexibility index (Phi) is 5.79. The first-order valence-electron chi connectivity index (χ1n) is 13.4. The molecule has 0 N–H and O–H groups in total. The van der Waals surface area contributed by atoms with Crippen LogP contribution in [0.5, 0.6) is 0 Å². The lowest BCUT2D eigenvalue weighted by Crippen LogP contribution is -2.24. The number of hydrogen-bond acceptors (Lipinski definition) is 8. The minimum absolute atomic E-state index is 0.149. The van der Waals surface area contributed by atoms with Crippen LogP contribution in [-0.4, -0.2) is 20.3 Å². The molecule has 1 aliphatic carbocycles. The number of fused-ring (bicyclic) bond motifs is 5. The molecule has 9 heteroatoms. The second-order valence-electron chi connectivity index (χ2n) is 9.97. The number of hydrogen-bond donors (Lipinski definition) is 0. The summed E-state index contributed by atoms with van der Waals surface area (Å²) >= 11 is 9.63. The van der Waals surface area contributed by atoms with Crippen LogP contribution in [0.15, 0.2) is 113 Å². The topological polar surface area (TPSA) is 57.0 Å². The van der Waals surface area contributed by atoms with Crippen molar-refractivity contribution in [2.24, 2.45) is 9.98 Å². The molecular weight excluding hydrogens is 576 g/mol. The van der Waals surface area contributed by atoms with Crippen LogP contribution in [-0.2, 0) is 0 Å². The van der Waals surface area contributed by atoms with E-state index in [4.69, 9.17) is 29.4 Å². The Morgan fingerprint density at radius 2 is 1.12 bits per heavy atom. The van der Waals surface area contributed by atoms with Gasteiger partial charge in [0.1, 0.15) is 11.5 Å². The molecule has 43 heavy (non-hydrogen) atoms. The number of para-hydroxylation sites is 5. The number of rotatable bonds is 4. The molecule has 202 valence electrons. The minimum atomic E-state index is -0.388. The number of nitrogens with zero attached hydrogens (tertiary/aromatic N) is 6. The SMILES string of the molecule is Fc1cc2c3c(ccc(N4c5ccccc5N(c5ccccc5)c5ccccc54)c3c1)-c1nc(N=C=S)c(N=C=S)nc1-2. The zero-order chi connectivity index (χ0) is 29.1. The predicted octanol–water partition coefficient (Wildman–Crippen LogP) is 10.1. The number of isothiocyanates is 2. The summed E-state index contributed by atoms with van der Waals surface area (Å²) < 4.78 is 15.5. The van der Waals surface area contributed by atoms with E-state index in [2.05, 4.69) is 71.5 Å².